The Hall–Kier alpha value is -2.81. The van der Waals surface area contributed by atoms with E-state index in [0.717, 1.165) is 6.92 Å². The molecule has 1 saturated heterocycles. The molecule has 2 aromatic carbocycles. The predicted molar refractivity (Wildman–Crippen MR) is 84.2 cm³/mol. The number of halogens is 4. The molecule has 0 radical (unpaired) electrons. The standard InChI is InChI=1S/C18H14F4O5/c1-8-13(19)15(21)17(16(22)14(8)20)27-18(23)9-3-4-11(24-2)12(5-9)26-7-10-6-25-10/h3-5,10H,6-7H2,1-2H3. The summed E-state index contributed by atoms with van der Waals surface area (Å²) < 4.78 is 75.1. The monoisotopic (exact) mass is 386 g/mol. The maximum atomic E-state index is 13.9. The van der Waals surface area contributed by atoms with Gasteiger partial charge in [-0.25, -0.2) is 13.6 Å². The molecular formula is C18H14F4O5. The second-order valence-electron chi connectivity index (χ2n) is 5.73. The van der Waals surface area contributed by atoms with Crippen molar-refractivity contribution in [3.05, 3.63) is 52.6 Å². The maximum absolute atomic E-state index is 13.9. The zero-order valence-corrected chi connectivity index (χ0v) is 14.3. The lowest BCUT2D eigenvalue weighted by Crippen LogP contribution is -2.14. The fourth-order valence-electron chi connectivity index (χ4n) is 2.23. The molecule has 1 fully saturated rings. The van der Waals surface area contributed by atoms with Crippen molar-refractivity contribution in [2.24, 2.45) is 0 Å². The third-order valence-electron chi connectivity index (χ3n) is 3.86. The first-order valence-electron chi connectivity index (χ1n) is 7.80. The summed E-state index contributed by atoms with van der Waals surface area (Å²) in [5.74, 6) is -9.08. The van der Waals surface area contributed by atoms with Gasteiger partial charge in [-0.05, 0) is 25.1 Å². The molecule has 0 bridgehead atoms. The van der Waals surface area contributed by atoms with E-state index >= 15 is 0 Å². The second kappa shape index (κ2) is 7.43. The molecule has 0 aliphatic carbocycles. The number of carbonyl (C=O) groups is 1. The van der Waals surface area contributed by atoms with Crippen LogP contribution in [0.2, 0.25) is 0 Å². The number of esters is 1. The molecule has 27 heavy (non-hydrogen) atoms. The van der Waals surface area contributed by atoms with Crippen LogP contribution in [0.1, 0.15) is 15.9 Å². The Morgan fingerprint density at radius 2 is 1.74 bits per heavy atom. The van der Waals surface area contributed by atoms with E-state index in [2.05, 4.69) is 4.74 Å². The van der Waals surface area contributed by atoms with Gasteiger partial charge >= 0.3 is 5.97 Å². The number of benzene rings is 2. The maximum Gasteiger partial charge on any atom is 0.343 e. The number of epoxide rings is 1. The minimum absolute atomic E-state index is 0.0629. The van der Waals surface area contributed by atoms with Crippen molar-refractivity contribution in [3.8, 4) is 17.2 Å². The van der Waals surface area contributed by atoms with E-state index in [0.29, 0.717) is 12.4 Å². The summed E-state index contributed by atoms with van der Waals surface area (Å²) in [5.41, 5.74) is -1.02. The van der Waals surface area contributed by atoms with Crippen LogP contribution in [0.3, 0.4) is 0 Å². The minimum atomic E-state index is -1.80. The van der Waals surface area contributed by atoms with Crippen molar-refractivity contribution >= 4 is 5.97 Å². The van der Waals surface area contributed by atoms with Crippen LogP contribution in [0.5, 0.6) is 17.2 Å². The van der Waals surface area contributed by atoms with Crippen molar-refractivity contribution in [1.82, 2.24) is 0 Å². The van der Waals surface area contributed by atoms with Crippen LogP contribution in [0.4, 0.5) is 17.6 Å². The Labute approximate surface area is 151 Å². The SMILES string of the molecule is COc1ccc(C(=O)Oc2c(F)c(F)c(C)c(F)c2F)cc1OCC1CO1. The zero-order chi connectivity index (χ0) is 19.7. The van der Waals surface area contributed by atoms with Gasteiger partial charge in [0.25, 0.3) is 0 Å². The van der Waals surface area contributed by atoms with Gasteiger partial charge in [0.2, 0.25) is 17.4 Å². The van der Waals surface area contributed by atoms with Gasteiger partial charge in [-0.2, -0.15) is 8.78 Å². The molecule has 1 unspecified atom stereocenters. The molecule has 9 heteroatoms. The normalized spacial score (nSPS) is 15.4. The van der Waals surface area contributed by atoms with Crippen LogP contribution in [0.15, 0.2) is 18.2 Å². The van der Waals surface area contributed by atoms with E-state index in [-0.39, 0.29) is 24.0 Å². The molecule has 1 heterocycles. The lowest BCUT2D eigenvalue weighted by Gasteiger charge is -2.12. The highest BCUT2D eigenvalue weighted by atomic mass is 19.2. The van der Waals surface area contributed by atoms with Gasteiger partial charge in [-0.15, -0.1) is 0 Å². The average molecular weight is 386 g/mol. The number of rotatable bonds is 6. The summed E-state index contributed by atoms with van der Waals surface area (Å²) in [6, 6.07) is 3.85. The van der Waals surface area contributed by atoms with E-state index in [4.69, 9.17) is 14.2 Å². The predicted octanol–water partition coefficient (Wildman–Crippen LogP) is 3.56. The fourth-order valence-corrected chi connectivity index (χ4v) is 2.23. The molecule has 0 saturated carbocycles. The molecule has 3 rings (SSSR count). The Kier molecular flexibility index (Phi) is 5.22. The topological polar surface area (TPSA) is 57.3 Å². The molecule has 0 spiro atoms. The van der Waals surface area contributed by atoms with Crippen molar-refractivity contribution in [3.63, 3.8) is 0 Å². The zero-order valence-electron chi connectivity index (χ0n) is 14.3. The van der Waals surface area contributed by atoms with Gasteiger partial charge in [0, 0.05) is 5.56 Å². The van der Waals surface area contributed by atoms with Gasteiger partial charge in [0.1, 0.15) is 12.7 Å². The first-order valence-corrected chi connectivity index (χ1v) is 7.80. The molecule has 0 amide bonds. The van der Waals surface area contributed by atoms with E-state index in [1.807, 2.05) is 0 Å². The number of hydrogen-bond donors (Lipinski definition) is 0. The van der Waals surface area contributed by atoms with Crippen molar-refractivity contribution in [2.45, 2.75) is 13.0 Å². The highest BCUT2D eigenvalue weighted by Crippen LogP contribution is 2.32. The number of methoxy groups -OCH3 is 1. The summed E-state index contributed by atoms with van der Waals surface area (Å²) in [5, 5.41) is 0. The lowest BCUT2D eigenvalue weighted by molar-refractivity contribution is 0.0716. The van der Waals surface area contributed by atoms with Gasteiger partial charge in [-0.3, -0.25) is 0 Å². The highest BCUT2D eigenvalue weighted by Gasteiger charge is 2.27. The van der Waals surface area contributed by atoms with E-state index < -0.39 is 40.6 Å². The Bertz CT molecular complexity index is 867. The first kappa shape index (κ1) is 19.0. The smallest absolute Gasteiger partial charge is 0.343 e. The van der Waals surface area contributed by atoms with Crippen LogP contribution in [-0.2, 0) is 4.74 Å². The molecule has 144 valence electrons. The van der Waals surface area contributed by atoms with Crippen LogP contribution in [0.25, 0.3) is 0 Å². The molecule has 1 atom stereocenters. The fraction of sp³-hybridized carbons (Fsp3) is 0.278. The Morgan fingerprint density at radius 3 is 2.30 bits per heavy atom. The number of carbonyl (C=O) groups excluding carboxylic acids is 1. The van der Waals surface area contributed by atoms with Gasteiger partial charge in [-0.1, -0.05) is 0 Å². The molecule has 1 aliphatic heterocycles. The summed E-state index contributed by atoms with van der Waals surface area (Å²) in [6.45, 7) is 1.62. The average Bonchev–Trinajstić information content (AvgIpc) is 3.50. The van der Waals surface area contributed by atoms with Gasteiger partial charge < -0.3 is 18.9 Å². The summed E-state index contributed by atoms with van der Waals surface area (Å²) in [7, 11) is 1.39. The van der Waals surface area contributed by atoms with Crippen LogP contribution >= 0.6 is 0 Å². The number of ether oxygens (including phenoxy) is 4. The highest BCUT2D eigenvalue weighted by molar-refractivity contribution is 5.92. The first-order chi connectivity index (χ1) is 12.8. The lowest BCUT2D eigenvalue weighted by atomic mass is 10.1. The van der Waals surface area contributed by atoms with Gasteiger partial charge in [0.05, 0.1) is 19.3 Å². The van der Waals surface area contributed by atoms with Crippen LogP contribution in [0, 0.1) is 30.2 Å². The van der Waals surface area contributed by atoms with Crippen molar-refractivity contribution < 1.29 is 41.3 Å². The molecule has 2 aromatic rings. The molecule has 0 aromatic heterocycles. The Morgan fingerprint density at radius 1 is 1.11 bits per heavy atom. The van der Waals surface area contributed by atoms with E-state index in [1.165, 1.54) is 25.3 Å². The van der Waals surface area contributed by atoms with Crippen LogP contribution in [-0.4, -0.2) is 32.4 Å². The van der Waals surface area contributed by atoms with E-state index in [1.54, 1.807) is 0 Å². The number of hydrogen-bond acceptors (Lipinski definition) is 5. The molecule has 0 N–H and O–H groups in total. The molecule has 5 nitrogen and oxygen atoms in total. The molecule has 1 aliphatic rings. The van der Waals surface area contributed by atoms with Crippen molar-refractivity contribution in [2.75, 3.05) is 20.3 Å². The van der Waals surface area contributed by atoms with E-state index in [9.17, 15) is 22.4 Å². The second-order valence-corrected chi connectivity index (χ2v) is 5.73. The third-order valence-corrected chi connectivity index (χ3v) is 3.86. The minimum Gasteiger partial charge on any atom is -0.493 e. The summed E-state index contributed by atoms with van der Waals surface area (Å²) in [4.78, 5) is 12.2. The third kappa shape index (κ3) is 3.82. The van der Waals surface area contributed by atoms with Crippen LogP contribution < -0.4 is 14.2 Å². The largest absolute Gasteiger partial charge is 0.493 e. The molecular weight excluding hydrogens is 372 g/mol. The summed E-state index contributed by atoms with van der Waals surface area (Å²) >= 11 is 0. The Balaban J connectivity index is 1.87. The quantitative estimate of drug-likeness (QED) is 0.250. The summed E-state index contributed by atoms with van der Waals surface area (Å²) in [6.07, 6.45) is -0.0629. The van der Waals surface area contributed by atoms with Crippen molar-refractivity contribution in [1.29, 1.82) is 0 Å². The van der Waals surface area contributed by atoms with Gasteiger partial charge in [0.15, 0.2) is 23.1 Å².